The van der Waals surface area contributed by atoms with Gasteiger partial charge in [-0.3, -0.25) is 4.90 Å². The molecule has 5 aromatic rings. The van der Waals surface area contributed by atoms with Gasteiger partial charge in [-0.15, -0.1) is 0 Å². The highest BCUT2D eigenvalue weighted by Gasteiger charge is 2.67. The zero-order valence-electron chi connectivity index (χ0n) is 30.7. The van der Waals surface area contributed by atoms with Crippen molar-refractivity contribution >= 4 is 11.3 Å². The van der Waals surface area contributed by atoms with Crippen molar-refractivity contribution in [3.05, 3.63) is 159 Å². The molecule has 2 heteroatoms. The average molecular weight is 524 g/mol. The quantitative estimate of drug-likeness (QED) is 0.187. The molecule has 2 atom stereocenters. The van der Waals surface area contributed by atoms with Crippen LogP contribution in [0.25, 0.3) is 16.8 Å². The van der Waals surface area contributed by atoms with Crippen LogP contribution in [0.15, 0.2) is 115 Å². The van der Waals surface area contributed by atoms with Crippen molar-refractivity contribution in [1.82, 2.24) is 0 Å². The molecule has 2 unspecified atom stereocenters. The van der Waals surface area contributed by atoms with Gasteiger partial charge in [-0.05, 0) is 71.4 Å². The first-order valence-electron chi connectivity index (χ1n) is 17.8. The van der Waals surface area contributed by atoms with Crippen molar-refractivity contribution in [3.8, 4) is 11.3 Å². The minimum atomic E-state index is -1.57. The Bertz CT molecular complexity index is 2340. The van der Waals surface area contributed by atoms with E-state index < -0.39 is 41.3 Å². The fraction of sp³-hybridized carbons (Fsp3) is 0.184. The Balaban J connectivity index is 1.57. The summed E-state index contributed by atoms with van der Waals surface area (Å²) in [4.78, 5) is 2.21. The normalized spacial score (nSPS) is 24.7. The minimum Gasteiger partial charge on any atom is -0.292 e. The van der Waals surface area contributed by atoms with Crippen LogP contribution in [0.1, 0.15) is 75.4 Å². The van der Waals surface area contributed by atoms with Crippen LogP contribution < -0.4 is 9.47 Å². The molecule has 3 aliphatic heterocycles. The number of pyridine rings is 1. The molecule has 0 bridgehead atoms. The van der Waals surface area contributed by atoms with E-state index in [0.29, 0.717) is 0 Å². The van der Waals surface area contributed by atoms with Crippen molar-refractivity contribution in [1.29, 1.82) is 0 Å². The van der Waals surface area contributed by atoms with Crippen LogP contribution in [0.3, 0.4) is 0 Å². The van der Waals surface area contributed by atoms with Gasteiger partial charge in [0.1, 0.15) is 1.37 Å². The molecular weight excluding hydrogens is 484 g/mol. The third kappa shape index (κ3) is 2.33. The Morgan fingerprint density at radius 2 is 1.55 bits per heavy atom. The van der Waals surface area contributed by atoms with E-state index in [-0.39, 0.29) is 41.1 Å². The molecule has 2 nitrogen and oxygen atoms in total. The molecule has 0 fully saturated rings. The molecule has 192 valence electrons. The smallest absolute Gasteiger partial charge is 0.292 e. The van der Waals surface area contributed by atoms with Crippen LogP contribution in [0.4, 0.5) is 5.69 Å². The number of para-hydroxylation sites is 1. The van der Waals surface area contributed by atoms with Gasteiger partial charge in [0.2, 0.25) is 5.69 Å². The molecule has 4 heterocycles. The molecule has 1 spiro atoms. The first kappa shape index (κ1) is 16.0. The summed E-state index contributed by atoms with van der Waals surface area (Å²) in [5.74, 6) is 0. The average Bonchev–Trinajstić information content (AvgIpc) is 3.63. The van der Waals surface area contributed by atoms with E-state index in [2.05, 4.69) is 61.2 Å². The summed E-state index contributed by atoms with van der Waals surface area (Å²) in [5, 5.41) is 0. The fourth-order valence-corrected chi connectivity index (χ4v) is 8.28. The van der Waals surface area contributed by atoms with E-state index in [0.717, 1.165) is 50.2 Å². The summed E-state index contributed by atoms with van der Waals surface area (Å²) in [5.41, 5.74) is 8.47. The largest absolute Gasteiger partial charge is 0.299 e. The SMILES string of the molecule is [2H]c1c([2H])c([2H])c2c(c1[2H])-c1c([2H])c([2H])c([2H])c([2H])[n+]1C21c2c(C)cc(C)cc2C2C3=C(c4ccccc4N21)c1ccccc1C3(C)C. The first-order chi connectivity index (χ1) is 22.8. The first-order valence-corrected chi connectivity index (χ1v) is 13.8. The maximum Gasteiger partial charge on any atom is 0.299 e. The van der Waals surface area contributed by atoms with Gasteiger partial charge in [0.05, 0.1) is 38.0 Å². The van der Waals surface area contributed by atoms with Gasteiger partial charge in [0.15, 0.2) is 6.17 Å². The molecule has 0 saturated heterocycles. The van der Waals surface area contributed by atoms with Gasteiger partial charge in [0.25, 0.3) is 5.66 Å². The Morgan fingerprint density at radius 1 is 0.800 bits per heavy atom. The number of aryl methyl sites for hydroxylation is 2. The number of nitrogens with zero attached hydrogens (tertiary/aromatic N) is 2. The number of fused-ring (bicyclic) bond motifs is 16. The molecule has 9 rings (SSSR count). The van der Waals surface area contributed by atoms with Crippen molar-refractivity contribution in [3.63, 3.8) is 0 Å². The number of hydrogen-bond acceptors (Lipinski definition) is 1. The Kier molecular flexibility index (Phi) is 2.88. The standard InChI is InChI=1S/C38H31N2/c1-23-21-24(2)34-28(22-23)36-35-33(26-14-6-8-16-29(26)37(35,3)4)27-15-7-10-19-32(27)40(36)38(34)30-17-9-5-13-25(30)31-18-11-12-20-39(31)38/h5-22,36H,1-4H3/q+1/i5D,9D,11D,12D,13D,17D,18D,20D. The maximum atomic E-state index is 9.54. The van der Waals surface area contributed by atoms with Crippen LogP contribution >= 0.6 is 0 Å². The van der Waals surface area contributed by atoms with Crippen LogP contribution in [0.2, 0.25) is 0 Å². The highest BCUT2D eigenvalue weighted by molar-refractivity contribution is 5.99. The minimum absolute atomic E-state index is 0.0563. The van der Waals surface area contributed by atoms with Gasteiger partial charge in [-0.2, -0.15) is 4.57 Å². The number of benzene rings is 4. The lowest BCUT2D eigenvalue weighted by Gasteiger charge is -2.44. The molecule has 0 N–H and O–H groups in total. The Labute approximate surface area is 247 Å². The summed E-state index contributed by atoms with van der Waals surface area (Å²) in [7, 11) is 0. The Hall–Kier alpha value is -4.43. The zero-order valence-corrected chi connectivity index (χ0v) is 22.7. The number of rotatable bonds is 0. The van der Waals surface area contributed by atoms with E-state index in [9.17, 15) is 5.48 Å². The molecule has 1 aliphatic carbocycles. The summed E-state index contributed by atoms with van der Waals surface area (Å²) >= 11 is 0. The molecular formula is C38H31N2+. The fourth-order valence-electron chi connectivity index (χ4n) is 8.28. The van der Waals surface area contributed by atoms with Crippen LogP contribution in [0.5, 0.6) is 0 Å². The molecule has 4 aromatic carbocycles. The third-order valence-electron chi connectivity index (χ3n) is 9.51. The monoisotopic (exact) mass is 523 g/mol. The van der Waals surface area contributed by atoms with E-state index in [1.165, 1.54) is 5.56 Å². The predicted octanol–water partition coefficient (Wildman–Crippen LogP) is 7.99. The van der Waals surface area contributed by atoms with Crippen LogP contribution in [-0.2, 0) is 11.1 Å². The van der Waals surface area contributed by atoms with Gasteiger partial charge in [-0.25, -0.2) is 0 Å². The summed E-state index contributed by atoms with van der Waals surface area (Å²) in [6.07, 6.45) is -0.322. The van der Waals surface area contributed by atoms with Gasteiger partial charge < -0.3 is 0 Å². The second kappa shape index (κ2) is 7.20. The van der Waals surface area contributed by atoms with Crippen LogP contribution in [-0.4, -0.2) is 0 Å². The van der Waals surface area contributed by atoms with Crippen molar-refractivity contribution in [2.75, 3.05) is 4.90 Å². The van der Waals surface area contributed by atoms with Crippen LogP contribution in [0, 0.1) is 13.8 Å². The van der Waals surface area contributed by atoms with Gasteiger partial charge in [0, 0.05) is 23.1 Å². The third-order valence-corrected chi connectivity index (χ3v) is 9.51. The predicted molar refractivity (Wildman–Crippen MR) is 161 cm³/mol. The number of anilines is 1. The topological polar surface area (TPSA) is 7.12 Å². The lowest BCUT2D eigenvalue weighted by Crippen LogP contribution is -2.64. The maximum absolute atomic E-state index is 9.54. The molecule has 0 radical (unpaired) electrons. The van der Waals surface area contributed by atoms with Crippen molar-refractivity contribution in [2.45, 2.75) is 44.8 Å². The summed E-state index contributed by atoms with van der Waals surface area (Å²) in [6.45, 7) is 8.51. The lowest BCUT2D eigenvalue weighted by atomic mass is 9.74. The molecule has 0 saturated carbocycles. The highest BCUT2D eigenvalue weighted by Crippen LogP contribution is 2.66. The van der Waals surface area contributed by atoms with E-state index in [1.807, 2.05) is 32.0 Å². The van der Waals surface area contributed by atoms with Gasteiger partial charge >= 0.3 is 0 Å². The zero-order chi connectivity index (χ0) is 33.9. The Morgan fingerprint density at radius 3 is 2.42 bits per heavy atom. The second-order valence-corrected chi connectivity index (χ2v) is 11.9. The molecule has 1 aromatic heterocycles. The highest BCUT2D eigenvalue weighted by atomic mass is 15.4. The van der Waals surface area contributed by atoms with E-state index >= 15 is 0 Å². The number of aromatic nitrogens is 1. The molecule has 4 aliphatic rings. The van der Waals surface area contributed by atoms with E-state index in [1.54, 1.807) is 4.57 Å². The summed E-state index contributed by atoms with van der Waals surface area (Å²) < 4.78 is 74.3. The molecule has 40 heavy (non-hydrogen) atoms. The second-order valence-electron chi connectivity index (χ2n) is 11.9. The van der Waals surface area contributed by atoms with E-state index in [4.69, 9.17) is 5.48 Å². The van der Waals surface area contributed by atoms with Crippen molar-refractivity contribution in [2.24, 2.45) is 0 Å². The van der Waals surface area contributed by atoms with Crippen molar-refractivity contribution < 1.29 is 15.5 Å². The molecule has 0 amide bonds. The van der Waals surface area contributed by atoms with Gasteiger partial charge in [-0.1, -0.05) is 86.1 Å². The lowest BCUT2D eigenvalue weighted by molar-refractivity contribution is -0.727. The number of hydrogen-bond donors (Lipinski definition) is 0. The summed E-state index contributed by atoms with van der Waals surface area (Å²) in [6, 6.07) is 17.7.